The Bertz CT molecular complexity index is 326. The van der Waals surface area contributed by atoms with E-state index >= 15 is 0 Å². The molecule has 0 saturated carbocycles. The molecule has 0 aliphatic rings. The van der Waals surface area contributed by atoms with Crippen molar-refractivity contribution in [3.05, 3.63) is 24.3 Å². The van der Waals surface area contributed by atoms with Gasteiger partial charge in [-0.2, -0.15) is 10.2 Å². The topological polar surface area (TPSA) is 83.1 Å². The first kappa shape index (κ1) is 7.04. The van der Waals surface area contributed by atoms with Gasteiger partial charge in [0.25, 0.3) is 0 Å². The van der Waals surface area contributed by atoms with Crippen molar-refractivity contribution in [2.45, 2.75) is 0 Å². The number of thiocarbonyl (C=S) groups is 1. The number of hydrogen-bond acceptors (Lipinski definition) is 5. The van der Waals surface area contributed by atoms with Crippen molar-refractivity contribution in [3.63, 3.8) is 0 Å². The average molecular weight is 180 g/mol. The van der Waals surface area contributed by atoms with Crippen molar-refractivity contribution in [1.29, 1.82) is 0 Å². The Morgan fingerprint density at radius 3 is 1.92 bits per heavy atom. The van der Waals surface area contributed by atoms with Gasteiger partial charge in [-0.15, -0.1) is 0 Å². The Morgan fingerprint density at radius 2 is 1.58 bits per heavy atom. The molecule has 0 aliphatic carbocycles. The van der Waals surface area contributed by atoms with Crippen LogP contribution >= 0.6 is 12.2 Å². The van der Waals surface area contributed by atoms with Gasteiger partial charge < -0.3 is 0 Å². The van der Waals surface area contributed by atoms with Gasteiger partial charge in [0.05, 0.1) is 0 Å². The molecule has 2 aromatic rings. The number of H-pyrrole nitrogens is 2. The molecule has 2 rings (SSSR count). The molecule has 0 radical (unpaired) electrons. The maximum atomic E-state index is 5.03. The molecule has 0 atom stereocenters. The zero-order valence-corrected chi connectivity index (χ0v) is 6.67. The molecule has 0 bridgehead atoms. The minimum atomic E-state index is 0.477. The summed E-state index contributed by atoms with van der Waals surface area (Å²) < 4.78 is 0. The molecule has 0 aliphatic heterocycles. The highest BCUT2D eigenvalue weighted by Gasteiger charge is 2.08. The Labute approximate surface area is 72.4 Å². The highest BCUT2D eigenvalue weighted by Crippen LogP contribution is 1.98. The first-order valence-electron chi connectivity index (χ1n) is 3.13. The molecule has 2 aromatic heterocycles. The van der Waals surface area contributed by atoms with Crippen LogP contribution in [0.2, 0.25) is 0 Å². The molecule has 0 aromatic carbocycles. The predicted octanol–water partition coefficient (Wildman–Crippen LogP) is -0.311. The largest absolute Gasteiger partial charge is 0.258 e. The van der Waals surface area contributed by atoms with Crippen LogP contribution in [-0.4, -0.2) is 35.2 Å². The van der Waals surface area contributed by atoms with Gasteiger partial charge in [0, 0.05) is 0 Å². The second-order valence-corrected chi connectivity index (χ2v) is 2.41. The average Bonchev–Trinajstić information content (AvgIpc) is 2.77. The summed E-state index contributed by atoms with van der Waals surface area (Å²) in [5.41, 5.74) is 0. The van der Waals surface area contributed by atoms with Gasteiger partial charge in [-0.05, 0) is 0 Å². The zero-order valence-electron chi connectivity index (χ0n) is 5.85. The standard InChI is InChI=1S/C5H4N6S/c12-3(4-6-1-8-10-4)5-7-2-9-11-5/h1-2H,(H,6,8,10)(H,7,9,11). The molecule has 60 valence electrons. The molecule has 0 amide bonds. The van der Waals surface area contributed by atoms with E-state index in [2.05, 4.69) is 30.4 Å². The van der Waals surface area contributed by atoms with Crippen LogP contribution < -0.4 is 0 Å². The summed E-state index contributed by atoms with van der Waals surface area (Å²) in [5.74, 6) is 1.03. The van der Waals surface area contributed by atoms with Gasteiger partial charge in [-0.3, -0.25) is 10.2 Å². The Morgan fingerprint density at radius 1 is 1.08 bits per heavy atom. The van der Waals surface area contributed by atoms with Crippen molar-refractivity contribution < 1.29 is 0 Å². The quantitative estimate of drug-likeness (QED) is 0.489. The van der Waals surface area contributed by atoms with Crippen molar-refractivity contribution in [2.24, 2.45) is 0 Å². The van der Waals surface area contributed by atoms with E-state index in [9.17, 15) is 0 Å². The van der Waals surface area contributed by atoms with Crippen LogP contribution in [0, 0.1) is 0 Å². The highest BCUT2D eigenvalue weighted by atomic mass is 32.1. The molecule has 2 heterocycles. The molecule has 0 unspecified atom stereocenters. The SMILES string of the molecule is S=C(c1ncn[nH]1)c1ncn[nH]1. The maximum Gasteiger partial charge on any atom is 0.170 e. The highest BCUT2D eigenvalue weighted by molar-refractivity contribution is 7.81. The lowest BCUT2D eigenvalue weighted by Crippen LogP contribution is -2.04. The van der Waals surface area contributed by atoms with Crippen molar-refractivity contribution >= 4 is 17.1 Å². The van der Waals surface area contributed by atoms with Crippen molar-refractivity contribution in [2.75, 3.05) is 0 Å². The van der Waals surface area contributed by atoms with Crippen LogP contribution in [-0.2, 0) is 0 Å². The molecule has 7 heteroatoms. The van der Waals surface area contributed by atoms with E-state index in [1.165, 1.54) is 12.7 Å². The van der Waals surface area contributed by atoms with E-state index in [1.807, 2.05) is 0 Å². The van der Waals surface area contributed by atoms with Crippen LogP contribution in [0.15, 0.2) is 12.7 Å². The Hall–Kier alpha value is -1.63. The second kappa shape index (κ2) is 2.78. The lowest BCUT2D eigenvalue weighted by Gasteiger charge is -1.91. The summed E-state index contributed by atoms with van der Waals surface area (Å²) >= 11 is 5.03. The molecule has 12 heavy (non-hydrogen) atoms. The normalized spacial score (nSPS) is 10.0. The van der Waals surface area contributed by atoms with E-state index in [1.54, 1.807) is 0 Å². The summed E-state index contributed by atoms with van der Waals surface area (Å²) in [5, 5.41) is 12.6. The van der Waals surface area contributed by atoms with E-state index < -0.39 is 0 Å². The monoisotopic (exact) mass is 180 g/mol. The number of nitrogens with one attached hydrogen (secondary N) is 2. The predicted molar refractivity (Wildman–Crippen MR) is 43.6 cm³/mol. The molecule has 0 spiro atoms. The fraction of sp³-hybridized carbons (Fsp3) is 0. The van der Waals surface area contributed by atoms with Gasteiger partial charge in [0.2, 0.25) is 0 Å². The zero-order chi connectivity index (χ0) is 8.39. The van der Waals surface area contributed by atoms with Crippen LogP contribution in [0.25, 0.3) is 0 Å². The Kier molecular flexibility index (Phi) is 1.63. The summed E-state index contributed by atoms with van der Waals surface area (Å²) in [6.45, 7) is 0. The minimum Gasteiger partial charge on any atom is -0.258 e. The molecule has 2 N–H and O–H groups in total. The van der Waals surface area contributed by atoms with Gasteiger partial charge in [-0.1, -0.05) is 12.2 Å². The Balaban J connectivity index is 2.34. The summed E-state index contributed by atoms with van der Waals surface area (Å²) in [6, 6.07) is 0. The fourth-order valence-corrected chi connectivity index (χ4v) is 0.939. The summed E-state index contributed by atoms with van der Waals surface area (Å²) in [7, 11) is 0. The number of nitrogens with zero attached hydrogens (tertiary/aromatic N) is 4. The summed E-state index contributed by atoms with van der Waals surface area (Å²) in [6.07, 6.45) is 2.77. The van der Waals surface area contributed by atoms with Gasteiger partial charge in [0.15, 0.2) is 11.6 Å². The number of rotatable bonds is 2. The number of aromatic nitrogens is 6. The first-order valence-corrected chi connectivity index (χ1v) is 3.54. The molecular formula is C5H4N6S. The van der Waals surface area contributed by atoms with Crippen LogP contribution in [0.3, 0.4) is 0 Å². The van der Waals surface area contributed by atoms with Crippen molar-refractivity contribution in [3.8, 4) is 0 Å². The lowest BCUT2D eigenvalue weighted by atomic mass is 10.4. The number of hydrogen-bond donors (Lipinski definition) is 2. The molecule has 0 saturated heterocycles. The second-order valence-electron chi connectivity index (χ2n) is 2.00. The molecular weight excluding hydrogens is 176 g/mol. The summed E-state index contributed by atoms with van der Waals surface area (Å²) in [4.78, 5) is 8.23. The van der Waals surface area contributed by atoms with E-state index in [4.69, 9.17) is 12.2 Å². The lowest BCUT2D eigenvalue weighted by molar-refractivity contribution is 1.06. The number of aromatic amines is 2. The first-order chi connectivity index (χ1) is 5.88. The third-order valence-corrected chi connectivity index (χ3v) is 1.65. The van der Waals surface area contributed by atoms with E-state index in [-0.39, 0.29) is 0 Å². The molecule has 0 fully saturated rings. The fourth-order valence-electron chi connectivity index (χ4n) is 0.742. The maximum absolute atomic E-state index is 5.03. The van der Waals surface area contributed by atoms with Gasteiger partial charge >= 0.3 is 0 Å². The smallest absolute Gasteiger partial charge is 0.170 e. The minimum absolute atomic E-state index is 0.477. The third-order valence-electron chi connectivity index (χ3n) is 1.26. The molecule has 6 nitrogen and oxygen atoms in total. The van der Waals surface area contributed by atoms with Crippen LogP contribution in [0.5, 0.6) is 0 Å². The third kappa shape index (κ3) is 1.10. The van der Waals surface area contributed by atoms with Gasteiger partial charge in [0.1, 0.15) is 17.5 Å². The van der Waals surface area contributed by atoms with Crippen molar-refractivity contribution in [1.82, 2.24) is 30.4 Å². The van der Waals surface area contributed by atoms with Gasteiger partial charge in [-0.25, -0.2) is 9.97 Å². The van der Waals surface area contributed by atoms with E-state index in [0.717, 1.165) is 0 Å². The van der Waals surface area contributed by atoms with Crippen LogP contribution in [0.1, 0.15) is 11.6 Å². The van der Waals surface area contributed by atoms with E-state index in [0.29, 0.717) is 16.5 Å². The van der Waals surface area contributed by atoms with Crippen LogP contribution in [0.4, 0.5) is 0 Å².